The average Bonchev–Trinajstić information content (AvgIpc) is 3.62. The number of ketones is 1. The van der Waals surface area contributed by atoms with Gasteiger partial charge in [0.1, 0.15) is 60.7 Å². The van der Waals surface area contributed by atoms with Gasteiger partial charge in [-0.1, -0.05) is 164 Å². The van der Waals surface area contributed by atoms with E-state index in [9.17, 15) is 9.59 Å². The topological polar surface area (TPSA) is 113 Å². The second-order valence-electron chi connectivity index (χ2n) is 16.7. The molecule has 0 saturated carbocycles. The van der Waals surface area contributed by atoms with Gasteiger partial charge in [0.2, 0.25) is 5.78 Å². The molecule has 9 rings (SSSR count). The molecule has 8 aromatic rings. The van der Waals surface area contributed by atoms with Gasteiger partial charge in [0.25, 0.3) is 5.91 Å². The van der Waals surface area contributed by atoms with Crippen molar-refractivity contribution in [3.05, 3.63) is 298 Å². The van der Waals surface area contributed by atoms with E-state index >= 15 is 4.79 Å². The largest absolute Gasteiger partial charge is 0.489 e. The first-order chi connectivity index (χ1) is 35.4. The van der Waals surface area contributed by atoms with Crippen molar-refractivity contribution in [2.75, 3.05) is 0 Å². The Bertz CT molecular complexity index is 3130. The summed E-state index contributed by atoms with van der Waals surface area (Å²) in [6.45, 7) is 1.19. The van der Waals surface area contributed by atoms with Crippen LogP contribution in [0, 0.1) is 0 Å². The number of benzene rings is 8. The molecule has 1 heterocycles. The van der Waals surface area contributed by atoms with Crippen LogP contribution in [-0.2, 0) is 37.7 Å². The summed E-state index contributed by atoms with van der Waals surface area (Å²) in [5.74, 6) is -0.485. The molecule has 0 aromatic heterocycles. The minimum absolute atomic E-state index is 0.0262. The summed E-state index contributed by atoms with van der Waals surface area (Å²) in [6, 6.07) is 65.1. The van der Waals surface area contributed by atoms with Crippen molar-refractivity contribution in [2.24, 2.45) is 0 Å². The molecule has 72 heavy (non-hydrogen) atoms. The summed E-state index contributed by atoms with van der Waals surface area (Å²) < 4.78 is 31.5. The van der Waals surface area contributed by atoms with E-state index in [1.165, 1.54) is 12.1 Å². The molecule has 8 aromatic carbocycles. The van der Waals surface area contributed by atoms with Gasteiger partial charge < -0.3 is 33.9 Å². The highest BCUT2D eigenvalue weighted by Gasteiger charge is 2.28. The Hall–Kier alpha value is -9.41. The molecular weight excluding hydrogens is 901 g/mol. The molecule has 0 saturated heterocycles. The first kappa shape index (κ1) is 47.6. The quantitative estimate of drug-likeness (QED) is 0.0589. The normalized spacial score (nSPS) is 11.9. The van der Waals surface area contributed by atoms with Crippen molar-refractivity contribution in [3.8, 4) is 23.0 Å². The molecule has 1 N–H and O–H groups in total. The molecule has 1 amide bonds. The molecule has 10 heteroatoms. The third kappa shape index (κ3) is 12.8. The summed E-state index contributed by atoms with van der Waals surface area (Å²) in [5.41, 5.74) is 5.59. The van der Waals surface area contributed by atoms with E-state index < -0.39 is 17.7 Å². The van der Waals surface area contributed by atoms with Gasteiger partial charge >= 0.3 is 5.97 Å². The summed E-state index contributed by atoms with van der Waals surface area (Å²) in [4.78, 5) is 45.7. The predicted octanol–water partition coefficient (Wildman–Crippen LogP) is 12.6. The van der Waals surface area contributed by atoms with Crippen LogP contribution in [-0.4, -0.2) is 22.6 Å². The zero-order valence-corrected chi connectivity index (χ0v) is 39.3. The molecule has 0 fully saturated rings. The van der Waals surface area contributed by atoms with E-state index in [2.05, 4.69) is 5.32 Å². The molecule has 0 aliphatic carbocycles. The number of nitrogens with zero attached hydrogens (tertiary/aromatic N) is 1. The highest BCUT2D eigenvalue weighted by Crippen LogP contribution is 2.37. The molecular formula is C62H50N2O8. The Morgan fingerprint density at radius 2 is 0.917 bits per heavy atom. The maximum Gasteiger partial charge on any atom is 0.343 e. The van der Waals surface area contributed by atoms with Crippen LogP contribution in [0.3, 0.4) is 0 Å². The minimum atomic E-state index is -0.800. The number of carbonyl (C=O) groups excluding carboxylic acids is 3. The fourth-order valence-corrected chi connectivity index (χ4v) is 7.76. The van der Waals surface area contributed by atoms with E-state index in [0.29, 0.717) is 30.2 Å². The summed E-state index contributed by atoms with van der Waals surface area (Å²) in [6.07, 6.45) is 6.89. The molecule has 0 unspecified atom stereocenters. The molecule has 0 atom stereocenters. The van der Waals surface area contributed by atoms with Crippen molar-refractivity contribution in [2.45, 2.75) is 33.0 Å². The lowest BCUT2D eigenvalue weighted by Crippen LogP contribution is -2.27. The number of para-hydroxylation sites is 1. The third-order valence-electron chi connectivity index (χ3n) is 11.5. The van der Waals surface area contributed by atoms with Gasteiger partial charge in [0.05, 0.1) is 11.1 Å². The fraction of sp³-hybridized carbons (Fsp3) is 0.0806. The van der Waals surface area contributed by atoms with Gasteiger partial charge in [-0.3, -0.25) is 9.59 Å². The van der Waals surface area contributed by atoms with Gasteiger partial charge in [-0.25, -0.2) is 4.79 Å². The van der Waals surface area contributed by atoms with Crippen molar-refractivity contribution < 1.29 is 38.1 Å². The van der Waals surface area contributed by atoms with Crippen LogP contribution in [0.25, 0.3) is 0 Å². The monoisotopic (exact) mass is 950 g/mol. The highest BCUT2D eigenvalue weighted by atomic mass is 16.5. The number of allylic oxidation sites excluding steroid dienone is 2. The maximum atomic E-state index is 15.1. The van der Waals surface area contributed by atoms with Crippen LogP contribution in [0.1, 0.15) is 64.5 Å². The first-order valence-corrected chi connectivity index (χ1v) is 23.4. The second-order valence-corrected chi connectivity index (χ2v) is 16.7. The lowest BCUT2D eigenvalue weighted by Gasteiger charge is -2.20. The Morgan fingerprint density at radius 1 is 0.458 bits per heavy atom. The van der Waals surface area contributed by atoms with E-state index in [4.69, 9.17) is 23.7 Å². The number of amides is 1. The Kier molecular flexibility index (Phi) is 15.7. The predicted molar refractivity (Wildman–Crippen MR) is 276 cm³/mol. The van der Waals surface area contributed by atoms with Crippen LogP contribution in [0.15, 0.2) is 248 Å². The lowest BCUT2D eigenvalue weighted by molar-refractivity contribution is 0.0624. The zero-order chi connectivity index (χ0) is 49.3. The lowest BCUT2D eigenvalue weighted by atomic mass is 9.98. The van der Waals surface area contributed by atoms with Gasteiger partial charge in [-0.05, 0) is 88.5 Å². The van der Waals surface area contributed by atoms with Crippen molar-refractivity contribution in [1.82, 2.24) is 10.2 Å². The van der Waals surface area contributed by atoms with Gasteiger partial charge in [-0.15, -0.1) is 0 Å². The molecule has 1 aliphatic rings. The molecule has 356 valence electrons. The number of rotatable bonds is 20. The van der Waals surface area contributed by atoms with Crippen LogP contribution in [0.4, 0.5) is 0 Å². The van der Waals surface area contributed by atoms with Crippen LogP contribution in [0.5, 0.6) is 23.0 Å². The molecule has 0 radical (unpaired) electrons. The number of hydrogen-bond acceptors (Lipinski definition) is 9. The van der Waals surface area contributed by atoms with Gasteiger partial charge in [0, 0.05) is 24.5 Å². The molecule has 0 spiro atoms. The Labute approximate surface area is 418 Å². The Balaban J connectivity index is 1.04. The molecule has 0 bridgehead atoms. The third-order valence-corrected chi connectivity index (χ3v) is 11.5. The Morgan fingerprint density at radius 3 is 1.44 bits per heavy atom. The van der Waals surface area contributed by atoms with Crippen molar-refractivity contribution >= 4 is 17.7 Å². The summed E-state index contributed by atoms with van der Waals surface area (Å²) >= 11 is 0. The van der Waals surface area contributed by atoms with Crippen LogP contribution in [0.2, 0.25) is 0 Å². The number of carbonyl (C=O) groups is 3. The fourth-order valence-electron chi connectivity index (χ4n) is 7.76. The second kappa shape index (κ2) is 23.7. The molecule has 1 aliphatic heterocycles. The smallest absolute Gasteiger partial charge is 0.343 e. The summed E-state index contributed by atoms with van der Waals surface area (Å²) in [5, 5.41) is 2.99. The van der Waals surface area contributed by atoms with E-state index in [0.717, 1.165) is 27.8 Å². The maximum absolute atomic E-state index is 15.1. The summed E-state index contributed by atoms with van der Waals surface area (Å²) in [7, 11) is 0. The van der Waals surface area contributed by atoms with Gasteiger partial charge in [0.15, 0.2) is 5.76 Å². The van der Waals surface area contributed by atoms with Crippen molar-refractivity contribution in [3.63, 3.8) is 0 Å². The number of ether oxygens (including phenoxy) is 5. The highest BCUT2D eigenvalue weighted by molar-refractivity contribution is 6.14. The van der Waals surface area contributed by atoms with E-state index in [1.807, 2.05) is 163 Å². The average molecular weight is 951 g/mol. The van der Waals surface area contributed by atoms with E-state index in [1.54, 1.807) is 66.9 Å². The van der Waals surface area contributed by atoms with E-state index in [-0.39, 0.29) is 59.5 Å². The zero-order valence-electron chi connectivity index (χ0n) is 39.3. The molecule has 10 nitrogen and oxygen atoms in total. The standard InChI is InChI=1S/C62H50N2O8/c65-60(53-29-16-17-30-55(53)69-42-47-23-10-3-11-24-47)59-57(70-43-48-25-12-4-13-26-48)37-51(38-58(59)71-44-49-27-14-5-15-28-49)62(67)72-56-31-18-36-64(39-45-19-6-1-7-20-45)40-54(56)63-61(66)50-32-34-52(35-33-50)68-41-46-21-8-2-9-22-46/h1-38,40H,39,41-44H2,(H,63,66). The van der Waals surface area contributed by atoms with Crippen LogP contribution >= 0.6 is 0 Å². The van der Waals surface area contributed by atoms with Crippen LogP contribution < -0.4 is 24.3 Å². The number of hydrogen-bond donors (Lipinski definition) is 1. The number of nitrogens with one attached hydrogen (secondary N) is 1. The van der Waals surface area contributed by atoms with Crippen molar-refractivity contribution in [1.29, 1.82) is 0 Å². The number of esters is 1. The minimum Gasteiger partial charge on any atom is -0.489 e. The first-order valence-electron chi connectivity index (χ1n) is 23.4. The van der Waals surface area contributed by atoms with Gasteiger partial charge in [-0.2, -0.15) is 0 Å². The SMILES string of the molecule is O=C(NC1=CN(Cc2ccccc2)C=CC=C1OC(=O)c1cc(OCc2ccccc2)c(C(=O)c2ccccc2OCc2ccccc2)c(OCc2ccccc2)c1)c1ccc(OCc2ccccc2)cc1.